The molecule has 1 aromatic heterocycles. The summed E-state index contributed by atoms with van der Waals surface area (Å²) < 4.78 is 1.59. The number of para-hydroxylation sites is 1. The van der Waals surface area contributed by atoms with Crippen LogP contribution < -0.4 is 0 Å². The van der Waals surface area contributed by atoms with Crippen molar-refractivity contribution in [2.75, 3.05) is 0 Å². The molecule has 0 bridgehead atoms. The third-order valence-corrected chi connectivity index (χ3v) is 3.32. The van der Waals surface area contributed by atoms with Gasteiger partial charge in [-0.05, 0) is 24.1 Å². The highest BCUT2D eigenvalue weighted by Gasteiger charge is 2.14. The number of aryl methyl sites for hydroxylation is 1. The molecule has 0 spiro atoms. The number of ketones is 1. The zero-order valence-corrected chi connectivity index (χ0v) is 11.5. The Bertz CT molecular complexity index is 720. The predicted molar refractivity (Wildman–Crippen MR) is 80.5 cm³/mol. The third-order valence-electron chi connectivity index (χ3n) is 3.32. The molecule has 4 nitrogen and oxygen atoms in total. The van der Waals surface area contributed by atoms with Gasteiger partial charge in [-0.1, -0.05) is 53.7 Å². The lowest BCUT2D eigenvalue weighted by Crippen LogP contribution is -2.09. The Labute approximate surface area is 123 Å². The van der Waals surface area contributed by atoms with E-state index < -0.39 is 0 Å². The maximum atomic E-state index is 12.4. The highest BCUT2D eigenvalue weighted by Crippen LogP contribution is 2.12. The quantitative estimate of drug-likeness (QED) is 0.673. The summed E-state index contributed by atoms with van der Waals surface area (Å²) in [6.07, 6.45) is 2.70. The fourth-order valence-corrected chi connectivity index (χ4v) is 2.22. The minimum atomic E-state index is 0.0488. The van der Waals surface area contributed by atoms with Crippen LogP contribution in [0.2, 0.25) is 0 Å². The smallest absolute Gasteiger partial charge is 0.183 e. The number of Topliss-reactive ketones (excluding diaryl/α,β-unsaturated/α-hetero) is 1. The van der Waals surface area contributed by atoms with Crippen LogP contribution in [0.3, 0.4) is 0 Å². The van der Waals surface area contributed by atoms with E-state index in [-0.39, 0.29) is 5.78 Å². The van der Waals surface area contributed by atoms with Crippen molar-refractivity contribution in [3.05, 3.63) is 78.1 Å². The molecule has 0 aliphatic rings. The molecule has 3 rings (SSSR count). The second-order valence-electron chi connectivity index (χ2n) is 4.78. The Kier molecular flexibility index (Phi) is 3.87. The lowest BCUT2D eigenvalue weighted by atomic mass is 10.1. The fourth-order valence-electron chi connectivity index (χ4n) is 2.22. The van der Waals surface area contributed by atoms with E-state index >= 15 is 0 Å². The van der Waals surface area contributed by atoms with Crippen molar-refractivity contribution >= 4 is 5.78 Å². The van der Waals surface area contributed by atoms with Crippen LogP contribution in [-0.2, 0) is 6.42 Å². The van der Waals surface area contributed by atoms with Gasteiger partial charge in [0, 0.05) is 6.42 Å². The SMILES string of the molecule is O=C(CCc1ccccc1)c1cnnn1-c1ccccc1. The standard InChI is InChI=1S/C17H15N3O/c21-17(12-11-14-7-3-1-4-8-14)16-13-18-19-20(16)15-9-5-2-6-10-15/h1-10,13H,11-12H2. The second-order valence-corrected chi connectivity index (χ2v) is 4.78. The van der Waals surface area contributed by atoms with Gasteiger partial charge in [-0.25, -0.2) is 4.68 Å². The maximum Gasteiger partial charge on any atom is 0.183 e. The number of hydrogen-bond acceptors (Lipinski definition) is 3. The monoisotopic (exact) mass is 277 g/mol. The summed E-state index contributed by atoms with van der Waals surface area (Å²) in [7, 11) is 0. The largest absolute Gasteiger partial charge is 0.292 e. The van der Waals surface area contributed by atoms with Gasteiger partial charge in [0.15, 0.2) is 5.78 Å². The van der Waals surface area contributed by atoms with Crippen molar-refractivity contribution in [2.45, 2.75) is 12.8 Å². The fraction of sp³-hybridized carbons (Fsp3) is 0.118. The molecule has 0 saturated heterocycles. The van der Waals surface area contributed by atoms with E-state index in [9.17, 15) is 4.79 Å². The molecule has 0 amide bonds. The Morgan fingerprint density at radius 2 is 1.62 bits per heavy atom. The van der Waals surface area contributed by atoms with E-state index in [0.717, 1.165) is 17.7 Å². The molecule has 0 aliphatic heterocycles. The first-order chi connectivity index (χ1) is 10.3. The first-order valence-corrected chi connectivity index (χ1v) is 6.88. The zero-order valence-electron chi connectivity index (χ0n) is 11.5. The Hall–Kier alpha value is -2.75. The molecule has 0 aliphatic carbocycles. The number of benzene rings is 2. The van der Waals surface area contributed by atoms with Gasteiger partial charge in [-0.15, -0.1) is 5.10 Å². The number of hydrogen-bond donors (Lipinski definition) is 0. The summed E-state index contributed by atoms with van der Waals surface area (Å²) in [5.41, 5.74) is 2.53. The number of aromatic nitrogens is 3. The summed E-state index contributed by atoms with van der Waals surface area (Å²) in [5, 5.41) is 7.88. The van der Waals surface area contributed by atoms with E-state index in [1.54, 1.807) is 4.68 Å². The molecule has 21 heavy (non-hydrogen) atoms. The van der Waals surface area contributed by atoms with Crippen LogP contribution in [-0.4, -0.2) is 20.8 Å². The van der Waals surface area contributed by atoms with Gasteiger partial charge >= 0.3 is 0 Å². The van der Waals surface area contributed by atoms with Crippen molar-refractivity contribution in [2.24, 2.45) is 0 Å². The van der Waals surface area contributed by atoms with Gasteiger partial charge < -0.3 is 0 Å². The van der Waals surface area contributed by atoms with E-state index in [2.05, 4.69) is 10.3 Å². The van der Waals surface area contributed by atoms with Crippen molar-refractivity contribution in [3.8, 4) is 5.69 Å². The second kappa shape index (κ2) is 6.13. The Morgan fingerprint density at radius 3 is 2.33 bits per heavy atom. The van der Waals surface area contributed by atoms with Gasteiger partial charge in [0.2, 0.25) is 0 Å². The molecule has 0 fully saturated rings. The lowest BCUT2D eigenvalue weighted by Gasteiger charge is -2.05. The minimum Gasteiger partial charge on any atom is -0.292 e. The molecule has 0 atom stereocenters. The van der Waals surface area contributed by atoms with Crippen LogP contribution in [0.15, 0.2) is 66.9 Å². The normalized spacial score (nSPS) is 10.5. The molecule has 2 aromatic carbocycles. The number of carbonyl (C=O) groups is 1. The third kappa shape index (κ3) is 3.05. The molecular weight excluding hydrogens is 262 g/mol. The molecule has 1 heterocycles. The van der Waals surface area contributed by atoms with Gasteiger partial charge in [0.1, 0.15) is 5.69 Å². The first-order valence-electron chi connectivity index (χ1n) is 6.88. The van der Waals surface area contributed by atoms with Crippen LogP contribution in [0, 0.1) is 0 Å². The van der Waals surface area contributed by atoms with Crippen molar-refractivity contribution < 1.29 is 4.79 Å². The van der Waals surface area contributed by atoms with E-state index in [0.29, 0.717) is 12.1 Å². The van der Waals surface area contributed by atoms with Crippen molar-refractivity contribution in [1.29, 1.82) is 0 Å². The lowest BCUT2D eigenvalue weighted by molar-refractivity contribution is 0.0975. The first kappa shape index (κ1) is 13.2. The molecule has 0 N–H and O–H groups in total. The van der Waals surface area contributed by atoms with E-state index in [1.807, 2.05) is 60.7 Å². The molecule has 3 aromatic rings. The van der Waals surface area contributed by atoms with E-state index in [1.165, 1.54) is 6.20 Å². The molecule has 4 heteroatoms. The highest BCUT2D eigenvalue weighted by atomic mass is 16.1. The zero-order chi connectivity index (χ0) is 14.5. The summed E-state index contributed by atoms with van der Waals surface area (Å²) in [6, 6.07) is 19.6. The molecule has 0 saturated carbocycles. The van der Waals surface area contributed by atoms with Crippen LogP contribution in [0.4, 0.5) is 0 Å². The molecule has 104 valence electrons. The summed E-state index contributed by atoms with van der Waals surface area (Å²) in [5.74, 6) is 0.0488. The Morgan fingerprint density at radius 1 is 0.952 bits per heavy atom. The Balaban J connectivity index is 1.76. The molecular formula is C17H15N3O. The maximum absolute atomic E-state index is 12.4. The van der Waals surface area contributed by atoms with E-state index in [4.69, 9.17) is 0 Å². The summed E-state index contributed by atoms with van der Waals surface area (Å²) in [4.78, 5) is 12.4. The van der Waals surface area contributed by atoms with Gasteiger partial charge in [0.25, 0.3) is 0 Å². The van der Waals surface area contributed by atoms with Crippen molar-refractivity contribution in [3.63, 3.8) is 0 Å². The van der Waals surface area contributed by atoms with Crippen LogP contribution in [0.25, 0.3) is 5.69 Å². The average molecular weight is 277 g/mol. The molecule has 0 unspecified atom stereocenters. The van der Waals surface area contributed by atoms with Crippen LogP contribution in [0.5, 0.6) is 0 Å². The highest BCUT2D eigenvalue weighted by molar-refractivity contribution is 5.94. The van der Waals surface area contributed by atoms with Gasteiger partial charge in [-0.2, -0.15) is 0 Å². The van der Waals surface area contributed by atoms with Crippen LogP contribution in [0.1, 0.15) is 22.5 Å². The molecule has 0 radical (unpaired) electrons. The van der Waals surface area contributed by atoms with Crippen LogP contribution >= 0.6 is 0 Å². The summed E-state index contributed by atoms with van der Waals surface area (Å²) in [6.45, 7) is 0. The average Bonchev–Trinajstić information content (AvgIpc) is 3.04. The number of rotatable bonds is 5. The number of carbonyl (C=O) groups excluding carboxylic acids is 1. The predicted octanol–water partition coefficient (Wildman–Crippen LogP) is 3.08. The van der Waals surface area contributed by atoms with Crippen molar-refractivity contribution in [1.82, 2.24) is 15.0 Å². The topological polar surface area (TPSA) is 47.8 Å². The minimum absolute atomic E-state index is 0.0488. The van der Waals surface area contributed by atoms with Gasteiger partial charge in [0.05, 0.1) is 11.9 Å². The number of nitrogens with zero attached hydrogens (tertiary/aromatic N) is 3. The van der Waals surface area contributed by atoms with Gasteiger partial charge in [-0.3, -0.25) is 4.79 Å². The summed E-state index contributed by atoms with van der Waals surface area (Å²) >= 11 is 0.